The molecule has 1 aliphatic rings. The third-order valence-corrected chi connectivity index (χ3v) is 3.15. The van der Waals surface area contributed by atoms with Crippen LogP contribution < -0.4 is 0 Å². The van der Waals surface area contributed by atoms with Crippen LogP contribution in [0.15, 0.2) is 12.2 Å². The second-order valence-corrected chi connectivity index (χ2v) is 10.4. The largest absolute Gasteiger partial charge is 0.461 e. The molecular weight excluding hydrogens is 276 g/mol. The van der Waals surface area contributed by atoms with Gasteiger partial charge >= 0.3 is 11.9 Å². The predicted molar refractivity (Wildman–Crippen MR) is 76.3 cm³/mol. The van der Waals surface area contributed by atoms with Crippen molar-refractivity contribution in [3.05, 3.63) is 12.2 Å². The second kappa shape index (κ2) is 6.24. The Morgan fingerprint density at radius 1 is 1.30 bits per heavy atom. The standard InChI is InChI=1S/C14H20O5Si/c1-11(15)17-10-14(8-9-20(3,4)5)7-6-13(19-14)18-12(2)16/h6-7,13H,10H2,1-5H3/t13?,14-/m1/s1. The van der Waals surface area contributed by atoms with Gasteiger partial charge in [-0.1, -0.05) is 25.6 Å². The lowest BCUT2D eigenvalue weighted by Gasteiger charge is -2.23. The molecule has 0 radical (unpaired) electrons. The van der Waals surface area contributed by atoms with Crippen LogP contribution in [0.5, 0.6) is 0 Å². The average molecular weight is 296 g/mol. The van der Waals surface area contributed by atoms with Crippen molar-refractivity contribution >= 4 is 20.0 Å². The number of rotatable bonds is 3. The summed E-state index contributed by atoms with van der Waals surface area (Å²) in [6, 6.07) is 0. The van der Waals surface area contributed by atoms with Crippen LogP contribution in [0.25, 0.3) is 0 Å². The minimum absolute atomic E-state index is 0.0198. The van der Waals surface area contributed by atoms with Crippen molar-refractivity contribution in [3.8, 4) is 11.5 Å². The number of carbonyl (C=O) groups is 2. The molecule has 0 fully saturated rings. The van der Waals surface area contributed by atoms with Crippen molar-refractivity contribution in [2.75, 3.05) is 6.61 Å². The van der Waals surface area contributed by atoms with E-state index < -0.39 is 31.9 Å². The van der Waals surface area contributed by atoms with Crippen molar-refractivity contribution < 1.29 is 23.8 Å². The van der Waals surface area contributed by atoms with Crippen LogP contribution >= 0.6 is 0 Å². The van der Waals surface area contributed by atoms with Crippen molar-refractivity contribution in [1.29, 1.82) is 0 Å². The van der Waals surface area contributed by atoms with Crippen LogP contribution in [0.2, 0.25) is 19.6 Å². The molecule has 0 bridgehead atoms. The Kier molecular flexibility index (Phi) is 5.14. The van der Waals surface area contributed by atoms with Crippen LogP contribution in [0.3, 0.4) is 0 Å². The molecule has 110 valence electrons. The van der Waals surface area contributed by atoms with E-state index in [0.717, 1.165) is 0 Å². The Hall–Kier alpha value is -1.58. The molecular formula is C14H20O5Si. The molecule has 0 N–H and O–H groups in total. The van der Waals surface area contributed by atoms with E-state index in [0.29, 0.717) is 0 Å². The summed E-state index contributed by atoms with van der Waals surface area (Å²) in [7, 11) is -1.61. The summed E-state index contributed by atoms with van der Waals surface area (Å²) in [6.07, 6.45) is 2.49. The van der Waals surface area contributed by atoms with E-state index in [4.69, 9.17) is 14.2 Å². The van der Waals surface area contributed by atoms with Gasteiger partial charge in [0.25, 0.3) is 0 Å². The van der Waals surface area contributed by atoms with Crippen LogP contribution in [0, 0.1) is 11.5 Å². The monoisotopic (exact) mass is 296 g/mol. The molecule has 5 nitrogen and oxygen atoms in total. The summed E-state index contributed by atoms with van der Waals surface area (Å²) in [5, 5.41) is 0. The van der Waals surface area contributed by atoms with E-state index >= 15 is 0 Å². The fourth-order valence-corrected chi connectivity index (χ4v) is 2.02. The summed E-state index contributed by atoms with van der Waals surface area (Å²) in [5.41, 5.74) is 2.15. The van der Waals surface area contributed by atoms with Gasteiger partial charge in [-0.05, 0) is 12.2 Å². The van der Waals surface area contributed by atoms with E-state index in [-0.39, 0.29) is 6.61 Å². The highest BCUT2D eigenvalue weighted by atomic mass is 28.3. The molecule has 0 amide bonds. The molecule has 0 aromatic carbocycles. The molecule has 0 spiro atoms. The van der Waals surface area contributed by atoms with Gasteiger partial charge in [-0.15, -0.1) is 5.54 Å². The van der Waals surface area contributed by atoms with E-state index in [9.17, 15) is 9.59 Å². The smallest absolute Gasteiger partial charge is 0.305 e. The fraction of sp³-hybridized carbons (Fsp3) is 0.571. The normalized spacial score (nSPS) is 24.8. The third kappa shape index (κ3) is 5.59. The van der Waals surface area contributed by atoms with Crippen LogP contribution in [-0.4, -0.2) is 38.5 Å². The third-order valence-electron chi connectivity index (χ3n) is 2.27. The maximum absolute atomic E-state index is 11.0. The number of hydrogen-bond acceptors (Lipinski definition) is 5. The van der Waals surface area contributed by atoms with E-state index in [1.54, 1.807) is 12.2 Å². The molecule has 0 saturated heterocycles. The number of hydrogen-bond donors (Lipinski definition) is 0. The van der Waals surface area contributed by atoms with Gasteiger partial charge in [0, 0.05) is 13.8 Å². The van der Waals surface area contributed by atoms with Crippen LogP contribution in [0.4, 0.5) is 0 Å². The molecule has 0 aromatic rings. The zero-order valence-corrected chi connectivity index (χ0v) is 13.5. The minimum atomic E-state index is -1.61. The van der Waals surface area contributed by atoms with Gasteiger partial charge in [-0.25, -0.2) is 0 Å². The maximum Gasteiger partial charge on any atom is 0.305 e. The van der Waals surface area contributed by atoms with Crippen molar-refractivity contribution in [2.45, 2.75) is 45.4 Å². The van der Waals surface area contributed by atoms with Gasteiger partial charge in [0.05, 0.1) is 0 Å². The van der Waals surface area contributed by atoms with Gasteiger partial charge in [-0.3, -0.25) is 9.59 Å². The first kappa shape index (κ1) is 16.5. The first-order chi connectivity index (χ1) is 9.12. The SMILES string of the molecule is CC(=O)OC[C@]1(C#C[Si](C)(C)C)C=CC(OC(C)=O)O1. The lowest BCUT2D eigenvalue weighted by atomic mass is 10.1. The van der Waals surface area contributed by atoms with Crippen molar-refractivity contribution in [2.24, 2.45) is 0 Å². The Bertz CT molecular complexity index is 480. The number of ether oxygens (including phenoxy) is 3. The first-order valence-electron chi connectivity index (χ1n) is 6.34. The minimum Gasteiger partial charge on any atom is -0.461 e. The highest BCUT2D eigenvalue weighted by Gasteiger charge is 2.37. The topological polar surface area (TPSA) is 61.8 Å². The quantitative estimate of drug-likeness (QED) is 0.343. The summed E-state index contributed by atoms with van der Waals surface area (Å²) in [6.45, 7) is 8.90. The van der Waals surface area contributed by atoms with E-state index in [1.807, 2.05) is 0 Å². The van der Waals surface area contributed by atoms with Crippen molar-refractivity contribution in [3.63, 3.8) is 0 Å². The van der Waals surface area contributed by atoms with Gasteiger partial charge in [-0.2, -0.15) is 0 Å². The summed E-state index contributed by atoms with van der Waals surface area (Å²) >= 11 is 0. The Morgan fingerprint density at radius 2 is 1.95 bits per heavy atom. The van der Waals surface area contributed by atoms with Crippen molar-refractivity contribution in [1.82, 2.24) is 0 Å². The maximum atomic E-state index is 11.0. The molecule has 1 heterocycles. The Labute approximate surface area is 120 Å². The zero-order valence-electron chi connectivity index (χ0n) is 12.5. The summed E-state index contributed by atoms with van der Waals surface area (Å²) < 4.78 is 15.6. The molecule has 0 saturated carbocycles. The van der Waals surface area contributed by atoms with Gasteiger partial charge in [0.1, 0.15) is 14.7 Å². The molecule has 0 aliphatic carbocycles. The van der Waals surface area contributed by atoms with E-state index in [1.165, 1.54) is 13.8 Å². The zero-order chi connectivity index (χ0) is 15.4. The molecule has 1 aliphatic heterocycles. The first-order valence-corrected chi connectivity index (χ1v) is 9.84. The lowest BCUT2D eigenvalue weighted by molar-refractivity contribution is -0.180. The average Bonchev–Trinajstić information content (AvgIpc) is 2.66. The summed E-state index contributed by atoms with van der Waals surface area (Å²) in [5.74, 6) is 2.17. The lowest BCUT2D eigenvalue weighted by Crippen LogP contribution is -2.36. The molecule has 1 rings (SSSR count). The number of esters is 2. The predicted octanol–water partition coefficient (Wildman–Crippen LogP) is 1.64. The molecule has 1 unspecified atom stereocenters. The van der Waals surface area contributed by atoms with Gasteiger partial charge in [0.15, 0.2) is 5.60 Å². The molecule has 0 aromatic heterocycles. The molecule has 2 atom stereocenters. The Balaban J connectivity index is 2.87. The second-order valence-electron chi connectivity index (χ2n) is 5.62. The number of carbonyl (C=O) groups excluding carboxylic acids is 2. The summed E-state index contributed by atoms with van der Waals surface area (Å²) in [4.78, 5) is 21.9. The van der Waals surface area contributed by atoms with Crippen LogP contribution in [-0.2, 0) is 23.8 Å². The highest BCUT2D eigenvalue weighted by molar-refractivity contribution is 6.83. The highest BCUT2D eigenvalue weighted by Crippen LogP contribution is 2.25. The van der Waals surface area contributed by atoms with E-state index in [2.05, 4.69) is 31.1 Å². The molecule has 20 heavy (non-hydrogen) atoms. The molecule has 6 heteroatoms. The van der Waals surface area contributed by atoms with Gasteiger partial charge < -0.3 is 14.2 Å². The van der Waals surface area contributed by atoms with Crippen LogP contribution in [0.1, 0.15) is 13.8 Å². The van der Waals surface area contributed by atoms with Gasteiger partial charge in [0.2, 0.25) is 6.29 Å². The fourth-order valence-electron chi connectivity index (χ4n) is 1.44. The Morgan fingerprint density at radius 3 is 2.45 bits per heavy atom.